The van der Waals surface area contributed by atoms with Crippen LogP contribution in [0.5, 0.6) is 0 Å². The number of aliphatic hydroxyl groups is 1. The van der Waals surface area contributed by atoms with E-state index in [9.17, 15) is 5.11 Å². The van der Waals surface area contributed by atoms with Crippen molar-refractivity contribution in [3.63, 3.8) is 0 Å². The van der Waals surface area contributed by atoms with Crippen molar-refractivity contribution in [3.05, 3.63) is 11.2 Å². The summed E-state index contributed by atoms with van der Waals surface area (Å²) in [6, 6.07) is 0. The highest BCUT2D eigenvalue weighted by atomic mass is 32.1. The first-order valence-corrected chi connectivity index (χ1v) is 16.9. The molecule has 0 aromatic carbocycles. The fourth-order valence-electron chi connectivity index (χ4n) is 5.36. The molecule has 2 saturated heterocycles. The number of aromatic nitrogens is 3. The van der Waals surface area contributed by atoms with Gasteiger partial charge in [0, 0.05) is 0 Å². The first-order valence-electron chi connectivity index (χ1n) is 12.2. The van der Waals surface area contributed by atoms with Crippen LogP contribution >= 0.6 is 11.5 Å². The Balaban J connectivity index is 1.77. The van der Waals surface area contributed by atoms with Crippen LogP contribution in [0.3, 0.4) is 0 Å². The molecular formula is C22H38N4O5SSi2. The Morgan fingerprint density at radius 1 is 0.971 bits per heavy atom. The molecule has 2 aliphatic rings. The third-order valence-electron chi connectivity index (χ3n) is 7.24. The maximum Gasteiger partial charge on any atom is 0.335 e. The molecule has 4 heterocycles. The van der Waals surface area contributed by atoms with Gasteiger partial charge in [-0.05, 0) is 33.7 Å². The third-order valence-corrected chi connectivity index (χ3v) is 18.4. The molecule has 4 atom stereocenters. The monoisotopic (exact) mass is 526 g/mol. The van der Waals surface area contributed by atoms with Crippen LogP contribution in [-0.4, -0.2) is 61.5 Å². The SMILES string of the molecule is CC(C)[Si]1(C(C)C)OC[C@@H]2O[C@@H](c3snc4c(N)ncnc34)[C@H](O)C2O[Si](C(C)C)(C(C)C)O1. The van der Waals surface area contributed by atoms with Crippen LogP contribution in [0, 0.1) is 0 Å². The van der Waals surface area contributed by atoms with Gasteiger partial charge < -0.3 is 28.5 Å². The van der Waals surface area contributed by atoms with Crippen molar-refractivity contribution in [2.75, 3.05) is 12.3 Å². The Morgan fingerprint density at radius 3 is 2.18 bits per heavy atom. The summed E-state index contributed by atoms with van der Waals surface area (Å²) < 4.78 is 31.8. The zero-order chi connectivity index (χ0) is 25.0. The first kappa shape index (κ1) is 26.1. The van der Waals surface area contributed by atoms with E-state index >= 15 is 0 Å². The molecule has 3 N–H and O–H groups in total. The summed E-state index contributed by atoms with van der Waals surface area (Å²) in [6.45, 7) is 17.7. The molecule has 2 aliphatic heterocycles. The Morgan fingerprint density at radius 2 is 1.59 bits per heavy atom. The number of hydrogen-bond donors (Lipinski definition) is 2. The van der Waals surface area contributed by atoms with Crippen LogP contribution in [-0.2, 0) is 17.7 Å². The highest BCUT2D eigenvalue weighted by molar-refractivity contribution is 7.07. The highest BCUT2D eigenvalue weighted by Gasteiger charge is 2.61. The number of aliphatic hydroxyl groups excluding tert-OH is 1. The summed E-state index contributed by atoms with van der Waals surface area (Å²) in [7, 11) is -5.52. The maximum atomic E-state index is 11.5. The van der Waals surface area contributed by atoms with Gasteiger partial charge >= 0.3 is 17.1 Å². The van der Waals surface area contributed by atoms with Gasteiger partial charge in [0.15, 0.2) is 5.82 Å². The van der Waals surface area contributed by atoms with Crippen LogP contribution < -0.4 is 5.73 Å². The van der Waals surface area contributed by atoms with E-state index in [1.807, 2.05) is 0 Å². The van der Waals surface area contributed by atoms with Gasteiger partial charge in [0.1, 0.15) is 41.8 Å². The lowest BCUT2D eigenvalue weighted by molar-refractivity contribution is -0.0384. The zero-order valence-corrected chi connectivity index (χ0v) is 24.1. The van der Waals surface area contributed by atoms with Crippen LogP contribution in [0.15, 0.2) is 6.33 Å². The zero-order valence-electron chi connectivity index (χ0n) is 21.3. The molecule has 12 heteroatoms. The number of nitrogens with two attached hydrogens (primary N) is 1. The first-order chi connectivity index (χ1) is 15.9. The molecule has 2 aromatic rings. The van der Waals surface area contributed by atoms with Crippen molar-refractivity contribution in [1.29, 1.82) is 0 Å². The van der Waals surface area contributed by atoms with E-state index < -0.39 is 41.5 Å². The van der Waals surface area contributed by atoms with E-state index in [1.54, 1.807) is 0 Å². The minimum Gasteiger partial charge on any atom is -0.414 e. The molecule has 4 rings (SSSR count). The van der Waals surface area contributed by atoms with Gasteiger partial charge in [0.2, 0.25) is 0 Å². The van der Waals surface area contributed by atoms with Crippen LogP contribution in [0.4, 0.5) is 5.82 Å². The van der Waals surface area contributed by atoms with Gasteiger partial charge in [-0.1, -0.05) is 55.4 Å². The van der Waals surface area contributed by atoms with E-state index in [2.05, 4.69) is 69.7 Å². The molecule has 0 saturated carbocycles. The molecule has 0 radical (unpaired) electrons. The molecular weight excluding hydrogens is 489 g/mol. The summed E-state index contributed by atoms with van der Waals surface area (Å²) in [4.78, 5) is 9.13. The number of nitrogens with zero attached hydrogens (tertiary/aromatic N) is 3. The van der Waals surface area contributed by atoms with Gasteiger partial charge in [-0.25, -0.2) is 9.97 Å². The van der Waals surface area contributed by atoms with Gasteiger partial charge in [-0.15, -0.1) is 0 Å². The Labute approximate surface area is 208 Å². The smallest absolute Gasteiger partial charge is 0.335 e. The molecule has 2 fully saturated rings. The van der Waals surface area contributed by atoms with Crippen LogP contribution in [0.2, 0.25) is 22.2 Å². The molecule has 0 spiro atoms. The topological polar surface area (TPSA) is 122 Å². The molecule has 0 aliphatic carbocycles. The molecule has 0 amide bonds. The van der Waals surface area contributed by atoms with Crippen molar-refractivity contribution in [2.45, 2.75) is 102 Å². The predicted octanol–water partition coefficient (Wildman–Crippen LogP) is 4.43. The Kier molecular flexibility index (Phi) is 7.26. The average molecular weight is 527 g/mol. The number of anilines is 1. The minimum absolute atomic E-state index is 0.169. The molecule has 34 heavy (non-hydrogen) atoms. The average Bonchev–Trinajstić information content (AvgIpc) is 3.29. The lowest BCUT2D eigenvalue weighted by Crippen LogP contribution is -2.65. The standard InChI is InChI=1S/C22H38N4O5SSi2/c1-11(2)33(12(3)4)28-9-15-19(30-34(31-33,13(5)6)14(7)8)18(27)20(29-15)21-16-17(26-32-21)22(23)25-10-24-16/h10-15,18-20,27H,9H2,1-8H3,(H2,23,24,25)/t15-,18+,19?,20+/m0/s1. The second-order valence-electron chi connectivity index (χ2n) is 10.6. The van der Waals surface area contributed by atoms with Crippen molar-refractivity contribution in [3.8, 4) is 0 Å². The largest absolute Gasteiger partial charge is 0.414 e. The number of fused-ring (bicyclic) bond motifs is 2. The normalized spacial score (nSPS) is 29.2. The van der Waals surface area contributed by atoms with E-state index in [-0.39, 0.29) is 22.2 Å². The van der Waals surface area contributed by atoms with Crippen molar-refractivity contribution < 1.29 is 22.8 Å². The van der Waals surface area contributed by atoms with Gasteiger partial charge in [-0.3, -0.25) is 0 Å². The van der Waals surface area contributed by atoms with Crippen LogP contribution in [0.1, 0.15) is 66.4 Å². The number of rotatable bonds is 5. The van der Waals surface area contributed by atoms with Crippen molar-refractivity contribution in [2.24, 2.45) is 0 Å². The van der Waals surface area contributed by atoms with E-state index in [4.69, 9.17) is 23.4 Å². The second kappa shape index (κ2) is 9.47. The molecule has 2 aromatic heterocycles. The summed E-state index contributed by atoms with van der Waals surface area (Å²) in [5.74, 6) is 0.315. The number of ether oxygens (including phenoxy) is 1. The maximum absolute atomic E-state index is 11.5. The summed E-state index contributed by atoms with van der Waals surface area (Å²) >= 11 is 1.23. The van der Waals surface area contributed by atoms with Crippen molar-refractivity contribution >= 4 is 45.5 Å². The molecule has 0 bridgehead atoms. The fourth-order valence-corrected chi connectivity index (χ4v) is 17.5. The molecule has 1 unspecified atom stereocenters. The summed E-state index contributed by atoms with van der Waals surface area (Å²) in [6.07, 6.45) is -1.12. The van der Waals surface area contributed by atoms with Crippen molar-refractivity contribution in [1.82, 2.24) is 14.3 Å². The lowest BCUT2D eigenvalue weighted by atomic mass is 10.1. The van der Waals surface area contributed by atoms with E-state index in [1.165, 1.54) is 17.9 Å². The fraction of sp³-hybridized carbons (Fsp3) is 0.773. The van der Waals surface area contributed by atoms with E-state index in [0.29, 0.717) is 23.5 Å². The number of hydrogen-bond acceptors (Lipinski definition) is 10. The second-order valence-corrected chi connectivity index (χ2v) is 20.3. The predicted molar refractivity (Wildman–Crippen MR) is 137 cm³/mol. The Hall–Kier alpha value is -0.996. The third kappa shape index (κ3) is 4.05. The minimum atomic E-state index is -2.85. The summed E-state index contributed by atoms with van der Waals surface area (Å²) in [5.41, 5.74) is 7.94. The molecule has 9 nitrogen and oxygen atoms in total. The summed E-state index contributed by atoms with van der Waals surface area (Å²) in [5, 5.41) is 11.5. The van der Waals surface area contributed by atoms with Gasteiger partial charge in [0.05, 0.1) is 11.5 Å². The molecule has 190 valence electrons. The van der Waals surface area contributed by atoms with E-state index in [0.717, 1.165) is 4.88 Å². The highest BCUT2D eigenvalue weighted by Crippen LogP contribution is 2.49. The lowest BCUT2D eigenvalue weighted by Gasteiger charge is -2.51. The van der Waals surface area contributed by atoms with Crippen LogP contribution in [0.25, 0.3) is 11.0 Å². The quantitative estimate of drug-likeness (QED) is 0.545. The van der Waals surface area contributed by atoms with Gasteiger partial charge in [0.25, 0.3) is 0 Å². The van der Waals surface area contributed by atoms with Gasteiger partial charge in [-0.2, -0.15) is 4.37 Å². The number of nitrogen functional groups attached to an aromatic ring is 1. The Bertz CT molecular complexity index is 1000.